The first-order valence-corrected chi connectivity index (χ1v) is 13.1. The van der Waals surface area contributed by atoms with Gasteiger partial charge in [0.15, 0.2) is 5.75 Å². The van der Waals surface area contributed by atoms with Crippen molar-refractivity contribution < 1.29 is 27.6 Å². The third kappa shape index (κ3) is 5.48. The predicted molar refractivity (Wildman–Crippen MR) is 132 cm³/mol. The lowest BCUT2D eigenvalue weighted by Crippen LogP contribution is -2.37. The Labute approximate surface area is 204 Å². The molecule has 0 fully saturated rings. The number of benzene rings is 1. The van der Waals surface area contributed by atoms with Gasteiger partial charge in [0.2, 0.25) is 5.43 Å². The molecule has 35 heavy (non-hydrogen) atoms. The second kappa shape index (κ2) is 10.3. The van der Waals surface area contributed by atoms with E-state index < -0.39 is 32.4 Å². The molecule has 10 heteroatoms. The summed E-state index contributed by atoms with van der Waals surface area (Å²) in [5.41, 5.74) is 0.664. The molecule has 0 atom stereocenters. The topological polar surface area (TPSA) is 147 Å². The maximum absolute atomic E-state index is 12.7. The molecule has 0 amide bonds. The number of fused-ring (bicyclic) bond motifs is 1. The molecule has 1 aliphatic heterocycles. The van der Waals surface area contributed by atoms with E-state index >= 15 is 0 Å². The van der Waals surface area contributed by atoms with Crippen LogP contribution in [0.3, 0.4) is 0 Å². The standard InChI is InChI=1S/C25H31NO8S/c1-4-5-13-34-23-20(21(29)22(23)30)16(9-7-6-8-10-19(27)28)24-25(2,3)17-14-15(35(31,32)33)11-12-18(17)26-24/h11-12,14,26H,4-10,13H2,1-3H3,(H,27,28)(H,31,32,33). The fourth-order valence-corrected chi connectivity index (χ4v) is 4.93. The van der Waals surface area contributed by atoms with Crippen molar-refractivity contribution in [3.05, 3.63) is 55.5 Å². The maximum atomic E-state index is 12.7. The average molecular weight is 506 g/mol. The SMILES string of the molecule is CCCCOc1c(C(CCCCCC(=O)O)=C2Nc3ccc(S(=O)(=O)O)cc3C2(C)C)c(=O)c1=O. The van der Waals surface area contributed by atoms with Crippen molar-refractivity contribution in [1.82, 2.24) is 0 Å². The average Bonchev–Trinajstić information content (AvgIpc) is 3.05. The number of hydrogen-bond donors (Lipinski definition) is 3. The second-order valence-electron chi connectivity index (χ2n) is 9.30. The Kier molecular flexibility index (Phi) is 7.86. The molecule has 9 nitrogen and oxygen atoms in total. The number of nitrogens with one attached hydrogen (secondary N) is 1. The van der Waals surface area contributed by atoms with Gasteiger partial charge in [0, 0.05) is 23.2 Å². The molecule has 3 rings (SSSR count). The number of unbranched alkanes of at least 4 members (excludes halogenated alkanes) is 3. The molecule has 0 spiro atoms. The number of carbonyl (C=O) groups is 1. The summed E-state index contributed by atoms with van der Waals surface area (Å²) in [6, 6.07) is 4.25. The molecule has 0 aromatic heterocycles. The minimum Gasteiger partial charge on any atom is -0.489 e. The Morgan fingerprint density at radius 1 is 1.06 bits per heavy atom. The van der Waals surface area contributed by atoms with Crippen LogP contribution in [0.5, 0.6) is 5.75 Å². The summed E-state index contributed by atoms with van der Waals surface area (Å²) >= 11 is 0. The van der Waals surface area contributed by atoms with Crippen LogP contribution < -0.4 is 20.9 Å². The van der Waals surface area contributed by atoms with Gasteiger partial charge in [-0.25, -0.2) is 0 Å². The van der Waals surface area contributed by atoms with Crippen molar-refractivity contribution in [2.75, 3.05) is 11.9 Å². The van der Waals surface area contributed by atoms with Gasteiger partial charge in [0.25, 0.3) is 15.5 Å². The molecule has 190 valence electrons. The van der Waals surface area contributed by atoms with Crippen molar-refractivity contribution in [2.24, 2.45) is 0 Å². The highest BCUT2D eigenvalue weighted by Gasteiger charge is 2.40. The highest BCUT2D eigenvalue weighted by Crippen LogP contribution is 2.48. The van der Waals surface area contributed by atoms with Crippen LogP contribution in [0.15, 0.2) is 38.4 Å². The number of carboxylic acids is 1. The number of anilines is 1. The van der Waals surface area contributed by atoms with Crippen LogP contribution in [-0.2, 0) is 20.3 Å². The molecule has 1 aliphatic rings. The lowest BCUT2D eigenvalue weighted by Gasteiger charge is -2.26. The predicted octanol–water partition coefficient (Wildman–Crippen LogP) is 3.86. The molecule has 2 aromatic rings. The zero-order chi connectivity index (χ0) is 26.0. The first-order valence-electron chi connectivity index (χ1n) is 11.7. The molecule has 3 N–H and O–H groups in total. The van der Waals surface area contributed by atoms with E-state index in [1.54, 1.807) is 6.07 Å². The van der Waals surface area contributed by atoms with Crippen molar-refractivity contribution in [3.63, 3.8) is 0 Å². The third-order valence-electron chi connectivity index (χ3n) is 6.38. The number of ether oxygens (including phenoxy) is 1. The van der Waals surface area contributed by atoms with Crippen molar-refractivity contribution in [2.45, 2.75) is 76.0 Å². The van der Waals surface area contributed by atoms with Crippen LogP contribution >= 0.6 is 0 Å². The Bertz CT molecular complexity index is 1330. The number of hydrogen-bond acceptors (Lipinski definition) is 7. The van der Waals surface area contributed by atoms with Crippen LogP contribution in [0.25, 0.3) is 5.57 Å². The van der Waals surface area contributed by atoms with Gasteiger partial charge < -0.3 is 15.2 Å². The Morgan fingerprint density at radius 2 is 1.74 bits per heavy atom. The van der Waals surface area contributed by atoms with E-state index in [2.05, 4.69) is 5.32 Å². The Hall–Kier alpha value is -2.98. The van der Waals surface area contributed by atoms with Gasteiger partial charge in [-0.3, -0.25) is 18.9 Å². The van der Waals surface area contributed by atoms with Crippen LogP contribution in [0.4, 0.5) is 5.69 Å². The molecule has 1 heterocycles. The summed E-state index contributed by atoms with van der Waals surface area (Å²) in [5.74, 6) is -0.829. The summed E-state index contributed by atoms with van der Waals surface area (Å²) in [4.78, 5) is 35.7. The van der Waals surface area contributed by atoms with Crippen LogP contribution in [0, 0.1) is 0 Å². The molecule has 0 saturated heterocycles. The highest BCUT2D eigenvalue weighted by molar-refractivity contribution is 7.85. The van der Waals surface area contributed by atoms with Crippen molar-refractivity contribution in [1.29, 1.82) is 0 Å². The van der Waals surface area contributed by atoms with E-state index in [9.17, 15) is 27.4 Å². The van der Waals surface area contributed by atoms with Crippen molar-refractivity contribution in [3.8, 4) is 5.75 Å². The number of rotatable bonds is 12. The van der Waals surface area contributed by atoms with Crippen molar-refractivity contribution >= 4 is 27.3 Å². The van der Waals surface area contributed by atoms with Gasteiger partial charge in [-0.05, 0) is 55.0 Å². The van der Waals surface area contributed by atoms with Gasteiger partial charge in [-0.15, -0.1) is 0 Å². The fraction of sp³-hybridized carbons (Fsp3) is 0.480. The first-order chi connectivity index (χ1) is 16.4. The van der Waals surface area contributed by atoms with E-state index in [0.717, 1.165) is 12.8 Å². The summed E-state index contributed by atoms with van der Waals surface area (Å²) in [6.45, 7) is 6.02. The van der Waals surface area contributed by atoms with E-state index in [-0.39, 0.29) is 22.6 Å². The number of aliphatic carboxylic acids is 1. The molecule has 0 bridgehead atoms. The van der Waals surface area contributed by atoms with E-state index in [0.29, 0.717) is 54.8 Å². The molecular weight excluding hydrogens is 474 g/mol. The largest absolute Gasteiger partial charge is 0.489 e. The highest BCUT2D eigenvalue weighted by atomic mass is 32.2. The van der Waals surface area contributed by atoms with Gasteiger partial charge in [0.05, 0.1) is 17.1 Å². The monoisotopic (exact) mass is 505 g/mol. The summed E-state index contributed by atoms with van der Waals surface area (Å²) in [7, 11) is -4.41. The minimum atomic E-state index is -4.41. The normalized spacial score (nSPS) is 16.1. The third-order valence-corrected chi connectivity index (χ3v) is 7.23. The summed E-state index contributed by atoms with van der Waals surface area (Å²) in [5, 5.41) is 12.2. The molecule has 0 radical (unpaired) electrons. The zero-order valence-electron chi connectivity index (χ0n) is 20.1. The van der Waals surface area contributed by atoms with Crippen LogP contribution in [0.2, 0.25) is 0 Å². The molecule has 2 aromatic carbocycles. The lowest BCUT2D eigenvalue weighted by molar-refractivity contribution is -0.137. The fourth-order valence-electron chi connectivity index (χ4n) is 4.42. The van der Waals surface area contributed by atoms with Crippen LogP contribution in [-0.4, -0.2) is 30.7 Å². The van der Waals surface area contributed by atoms with Gasteiger partial charge >= 0.3 is 5.97 Å². The molecule has 0 unspecified atom stereocenters. The second-order valence-corrected chi connectivity index (χ2v) is 10.7. The smallest absolute Gasteiger partial charge is 0.303 e. The first kappa shape index (κ1) is 26.6. The quantitative estimate of drug-likeness (QED) is 0.222. The summed E-state index contributed by atoms with van der Waals surface area (Å²) in [6.07, 6.45) is 3.73. The Morgan fingerprint density at radius 3 is 2.37 bits per heavy atom. The number of allylic oxidation sites excluding steroid dienone is 2. The molecular formula is C25H31NO8S. The minimum absolute atomic E-state index is 0.0451. The van der Waals surface area contributed by atoms with E-state index in [4.69, 9.17) is 9.84 Å². The van der Waals surface area contributed by atoms with Gasteiger partial charge in [-0.1, -0.05) is 33.6 Å². The van der Waals surface area contributed by atoms with Crippen LogP contribution in [0.1, 0.15) is 76.8 Å². The number of carboxylic acid groups (broad SMARTS) is 1. The summed E-state index contributed by atoms with van der Waals surface area (Å²) < 4.78 is 38.6. The maximum Gasteiger partial charge on any atom is 0.303 e. The molecule has 0 saturated carbocycles. The van der Waals surface area contributed by atoms with E-state index in [1.807, 2.05) is 20.8 Å². The van der Waals surface area contributed by atoms with Gasteiger partial charge in [-0.2, -0.15) is 8.42 Å². The van der Waals surface area contributed by atoms with E-state index in [1.165, 1.54) is 12.1 Å². The molecule has 0 aliphatic carbocycles. The zero-order valence-corrected chi connectivity index (χ0v) is 21.0. The van der Waals surface area contributed by atoms with Gasteiger partial charge in [0.1, 0.15) is 0 Å². The lowest BCUT2D eigenvalue weighted by atomic mass is 9.79. The Balaban J connectivity index is 2.06.